The van der Waals surface area contributed by atoms with Crippen molar-refractivity contribution in [3.63, 3.8) is 0 Å². The number of fused-ring (bicyclic) bond motifs is 2. The Kier molecular flexibility index (Phi) is 7.34. The quantitative estimate of drug-likeness (QED) is 0.550. The number of nitrogens with one attached hydrogen (secondary N) is 1. The predicted octanol–water partition coefficient (Wildman–Crippen LogP) is 2.89. The van der Waals surface area contributed by atoms with Crippen molar-refractivity contribution >= 4 is 35.1 Å². The number of ether oxygens (including phenoxy) is 2. The van der Waals surface area contributed by atoms with Gasteiger partial charge in [0, 0.05) is 33.2 Å². The number of pyridine rings is 1. The summed E-state index contributed by atoms with van der Waals surface area (Å²) in [5.41, 5.74) is -0.874. The molecule has 3 aliphatic rings. The second kappa shape index (κ2) is 10.6. The number of hydrogen-bond donors (Lipinski definition) is 1. The Morgan fingerprint density at radius 1 is 1.30 bits per heavy atom. The van der Waals surface area contributed by atoms with Gasteiger partial charge in [-0.25, -0.2) is 9.37 Å². The molecule has 0 saturated carbocycles. The number of methoxy groups -OCH3 is 1. The van der Waals surface area contributed by atoms with Gasteiger partial charge in [0.05, 0.1) is 18.7 Å². The lowest BCUT2D eigenvalue weighted by atomic mass is 9.96. The highest BCUT2D eigenvalue weighted by Crippen LogP contribution is 2.48. The Morgan fingerprint density at radius 3 is 2.77 bits per heavy atom. The molecule has 1 aromatic heterocycles. The standard InChI is InChI=1S/C28H31ClFN5O5/c1-5-19(36)33-12-13-34-16(14-33)15-40-24-21(26(34)37)25(35-11-7-10-28(35,2)27(38)31-3)32-23(22(24)29)20-17(30)8-6-9-18(20)39-4/h5-6,8-9,16H,1,7,10-15H2,2-4H3,(H,31,38)/t16-,28+/m1/s1. The molecule has 1 N–H and O–H groups in total. The third-order valence-electron chi connectivity index (χ3n) is 7.98. The first kappa shape index (κ1) is 27.7. The summed E-state index contributed by atoms with van der Waals surface area (Å²) in [5.74, 6) is -1.04. The maximum absolute atomic E-state index is 15.3. The van der Waals surface area contributed by atoms with Crippen molar-refractivity contribution in [1.82, 2.24) is 20.1 Å². The van der Waals surface area contributed by atoms with Gasteiger partial charge in [0.25, 0.3) is 5.91 Å². The van der Waals surface area contributed by atoms with Crippen molar-refractivity contribution in [3.8, 4) is 22.8 Å². The van der Waals surface area contributed by atoms with Crippen molar-refractivity contribution in [2.75, 3.05) is 51.8 Å². The van der Waals surface area contributed by atoms with Crippen LogP contribution in [0.1, 0.15) is 30.1 Å². The minimum absolute atomic E-state index is 0.0145. The zero-order valence-electron chi connectivity index (χ0n) is 22.6. The number of halogens is 2. The molecule has 0 unspecified atom stereocenters. The molecule has 1 aromatic carbocycles. The molecule has 5 rings (SSSR count). The number of anilines is 1. The molecule has 4 heterocycles. The van der Waals surface area contributed by atoms with Gasteiger partial charge in [0.1, 0.15) is 45.8 Å². The maximum Gasteiger partial charge on any atom is 0.261 e. The molecular weight excluding hydrogens is 541 g/mol. The van der Waals surface area contributed by atoms with E-state index >= 15 is 4.39 Å². The minimum atomic E-state index is -1.03. The summed E-state index contributed by atoms with van der Waals surface area (Å²) in [6.45, 7) is 6.65. The average molecular weight is 572 g/mol. The van der Waals surface area contributed by atoms with Crippen molar-refractivity contribution in [2.45, 2.75) is 31.3 Å². The predicted molar refractivity (Wildman–Crippen MR) is 147 cm³/mol. The van der Waals surface area contributed by atoms with Crippen LogP contribution in [-0.2, 0) is 9.59 Å². The summed E-state index contributed by atoms with van der Waals surface area (Å²) in [5, 5.41) is 2.67. The van der Waals surface area contributed by atoms with Crippen LogP contribution < -0.4 is 19.7 Å². The van der Waals surface area contributed by atoms with Gasteiger partial charge in [-0.05, 0) is 38.0 Å². The molecule has 40 heavy (non-hydrogen) atoms. The van der Waals surface area contributed by atoms with Crippen LogP contribution in [0.3, 0.4) is 0 Å². The number of hydrogen-bond acceptors (Lipinski definition) is 7. The van der Waals surface area contributed by atoms with E-state index in [9.17, 15) is 14.4 Å². The third-order valence-corrected chi connectivity index (χ3v) is 8.34. The van der Waals surface area contributed by atoms with E-state index in [4.69, 9.17) is 26.1 Å². The molecule has 3 amide bonds. The van der Waals surface area contributed by atoms with Crippen LogP contribution in [0, 0.1) is 5.82 Å². The van der Waals surface area contributed by atoms with E-state index in [1.807, 2.05) is 0 Å². The van der Waals surface area contributed by atoms with Crippen molar-refractivity contribution in [1.29, 1.82) is 0 Å². The number of nitrogens with zero attached hydrogens (tertiary/aromatic N) is 4. The van der Waals surface area contributed by atoms with Gasteiger partial charge in [0.15, 0.2) is 5.75 Å². The topological polar surface area (TPSA) is 104 Å². The summed E-state index contributed by atoms with van der Waals surface area (Å²) in [4.78, 5) is 49.5. The molecule has 0 bridgehead atoms. The van der Waals surface area contributed by atoms with E-state index in [-0.39, 0.29) is 76.6 Å². The fourth-order valence-electron chi connectivity index (χ4n) is 5.85. The van der Waals surface area contributed by atoms with E-state index in [0.29, 0.717) is 25.9 Å². The summed E-state index contributed by atoms with van der Waals surface area (Å²) in [6.07, 6.45) is 2.43. The van der Waals surface area contributed by atoms with Gasteiger partial charge in [0.2, 0.25) is 11.8 Å². The summed E-state index contributed by atoms with van der Waals surface area (Å²) in [7, 11) is 2.96. The van der Waals surface area contributed by atoms with Crippen LogP contribution in [0.15, 0.2) is 30.9 Å². The number of amides is 3. The van der Waals surface area contributed by atoms with Gasteiger partial charge in [-0.15, -0.1) is 0 Å². The van der Waals surface area contributed by atoms with Crippen LogP contribution in [0.4, 0.5) is 10.2 Å². The lowest BCUT2D eigenvalue weighted by Gasteiger charge is -2.40. The highest BCUT2D eigenvalue weighted by atomic mass is 35.5. The minimum Gasteiger partial charge on any atom is -0.496 e. The first-order valence-corrected chi connectivity index (χ1v) is 13.4. The van der Waals surface area contributed by atoms with Gasteiger partial charge in [-0.1, -0.05) is 24.2 Å². The highest BCUT2D eigenvalue weighted by Gasteiger charge is 2.48. The summed E-state index contributed by atoms with van der Waals surface area (Å²) < 4.78 is 27.0. The van der Waals surface area contributed by atoms with Crippen LogP contribution in [-0.4, -0.2) is 91.0 Å². The smallest absolute Gasteiger partial charge is 0.261 e. The number of likely N-dealkylation sites (N-methyl/N-ethyl adjacent to an activating group) is 1. The molecule has 2 atom stereocenters. The molecule has 212 valence electrons. The zero-order valence-corrected chi connectivity index (χ0v) is 23.4. The van der Waals surface area contributed by atoms with Crippen molar-refractivity contribution in [3.05, 3.63) is 47.3 Å². The Bertz CT molecular complexity index is 1400. The molecule has 0 spiro atoms. The summed E-state index contributed by atoms with van der Waals surface area (Å²) in [6, 6.07) is 3.90. The lowest BCUT2D eigenvalue weighted by Crippen LogP contribution is -2.57. The Labute approximate surface area is 236 Å². The molecule has 2 fully saturated rings. The van der Waals surface area contributed by atoms with Crippen LogP contribution in [0.2, 0.25) is 5.02 Å². The van der Waals surface area contributed by atoms with Crippen molar-refractivity contribution in [2.24, 2.45) is 0 Å². The van der Waals surface area contributed by atoms with E-state index in [1.54, 1.807) is 34.7 Å². The van der Waals surface area contributed by atoms with E-state index in [1.165, 1.54) is 25.3 Å². The van der Waals surface area contributed by atoms with E-state index < -0.39 is 17.4 Å². The number of aromatic nitrogens is 1. The lowest BCUT2D eigenvalue weighted by molar-refractivity contribution is -0.128. The van der Waals surface area contributed by atoms with Gasteiger partial charge >= 0.3 is 0 Å². The fourth-order valence-corrected chi connectivity index (χ4v) is 6.13. The van der Waals surface area contributed by atoms with E-state index in [0.717, 1.165) is 0 Å². The molecule has 0 aliphatic carbocycles. The Morgan fingerprint density at radius 2 is 2.08 bits per heavy atom. The fraction of sp³-hybridized carbons (Fsp3) is 0.429. The third kappa shape index (κ3) is 4.32. The molecular formula is C28H31ClFN5O5. The normalized spacial score (nSPS) is 22.2. The SMILES string of the molecule is C=CC(=O)N1CCN2C(=O)c3c(N4CCC[C@@]4(C)C(=O)NC)nc(-c4c(F)cccc4OC)c(Cl)c3OC[C@H]2C1. The number of carbonyl (C=O) groups is 3. The van der Waals surface area contributed by atoms with Gasteiger partial charge in [-0.2, -0.15) is 0 Å². The number of benzene rings is 1. The molecule has 3 aliphatic heterocycles. The van der Waals surface area contributed by atoms with Gasteiger partial charge < -0.3 is 29.5 Å². The molecule has 2 saturated heterocycles. The van der Waals surface area contributed by atoms with Crippen LogP contribution in [0.5, 0.6) is 11.5 Å². The van der Waals surface area contributed by atoms with Crippen LogP contribution >= 0.6 is 11.6 Å². The Balaban J connectivity index is 1.73. The second-order valence-corrected chi connectivity index (χ2v) is 10.6. The first-order valence-electron chi connectivity index (χ1n) is 13.1. The molecule has 10 nitrogen and oxygen atoms in total. The zero-order chi connectivity index (χ0) is 28.8. The number of rotatable bonds is 5. The average Bonchev–Trinajstić information content (AvgIpc) is 3.30. The summed E-state index contributed by atoms with van der Waals surface area (Å²) >= 11 is 6.88. The first-order chi connectivity index (χ1) is 19.2. The Hall–Kier alpha value is -3.86. The maximum atomic E-state index is 15.3. The molecule has 12 heteroatoms. The molecule has 0 radical (unpaired) electrons. The van der Waals surface area contributed by atoms with E-state index in [2.05, 4.69) is 11.9 Å². The largest absolute Gasteiger partial charge is 0.496 e. The van der Waals surface area contributed by atoms with Gasteiger partial charge in [-0.3, -0.25) is 14.4 Å². The number of carbonyl (C=O) groups excluding carboxylic acids is 3. The second-order valence-electron chi connectivity index (χ2n) is 10.2. The molecule has 2 aromatic rings. The van der Waals surface area contributed by atoms with Crippen molar-refractivity contribution < 1.29 is 28.2 Å². The monoisotopic (exact) mass is 571 g/mol. The van der Waals surface area contributed by atoms with Crippen LogP contribution in [0.25, 0.3) is 11.3 Å². The highest BCUT2D eigenvalue weighted by molar-refractivity contribution is 6.35. The number of piperazine rings is 1.